The molecule has 1 aliphatic heterocycles. The lowest BCUT2D eigenvalue weighted by Crippen LogP contribution is -2.30. The lowest BCUT2D eigenvalue weighted by atomic mass is 10.1. The summed E-state index contributed by atoms with van der Waals surface area (Å²) in [5, 5.41) is 3.16. The Morgan fingerprint density at radius 1 is 0.846 bits per heavy atom. The Morgan fingerprint density at radius 2 is 1.35 bits per heavy atom. The van der Waals surface area contributed by atoms with Gasteiger partial charge in [-0.25, -0.2) is 0 Å². The Bertz CT molecular complexity index is 304. The van der Waals surface area contributed by atoms with Crippen LogP contribution in [0.5, 0.6) is 0 Å². The van der Waals surface area contributed by atoms with Crippen molar-refractivity contribution in [2.75, 3.05) is 26.3 Å². The van der Waals surface area contributed by atoms with Gasteiger partial charge in [-0.1, -0.05) is 70.4 Å². The Morgan fingerprint density at radius 3 is 1.77 bits per heavy atom. The Labute approximate surface area is 162 Å². The number of amides is 1. The molecule has 26 heavy (non-hydrogen) atoms. The van der Waals surface area contributed by atoms with Crippen molar-refractivity contribution < 1.29 is 9.53 Å². The third kappa shape index (κ3) is 23.1. The number of hydrogen-bond acceptors (Lipinski definition) is 3. The van der Waals surface area contributed by atoms with Crippen LogP contribution in [0.3, 0.4) is 0 Å². The molecular formula is C22H44N2O2. The molecule has 0 aromatic carbocycles. The third-order valence-electron chi connectivity index (χ3n) is 4.53. The Kier molecular flexibility index (Phi) is 21.4. The van der Waals surface area contributed by atoms with Crippen LogP contribution in [0.2, 0.25) is 0 Å². The molecule has 0 saturated carbocycles. The largest absolute Gasteiger partial charge is 0.379 e. The first-order valence-corrected chi connectivity index (χ1v) is 11.0. The number of carbonyl (C=O) groups is 1. The lowest BCUT2D eigenvalue weighted by Gasteiger charge is -2.10. The summed E-state index contributed by atoms with van der Waals surface area (Å²) in [4.78, 5) is 10.5. The number of hydrogen-bond donors (Lipinski definition) is 2. The van der Waals surface area contributed by atoms with Crippen molar-refractivity contribution >= 4 is 5.91 Å². The number of unbranched alkanes of at least 4 members (excludes halogenated alkanes) is 11. The number of rotatable bonds is 15. The highest BCUT2D eigenvalue weighted by Gasteiger charge is 1.94. The predicted octanol–water partition coefficient (Wildman–Crippen LogP) is 5.12. The molecule has 0 atom stereocenters. The molecular weight excluding hydrogens is 324 g/mol. The first kappa shape index (κ1) is 25.1. The fraction of sp³-hybridized carbons (Fsp3) is 0.864. The molecule has 0 bridgehead atoms. The highest BCUT2D eigenvalue weighted by Crippen LogP contribution is 2.09. The quantitative estimate of drug-likeness (QED) is 0.312. The summed E-state index contributed by atoms with van der Waals surface area (Å²) >= 11 is 0. The van der Waals surface area contributed by atoms with Crippen LogP contribution in [0.4, 0.5) is 0 Å². The minimum atomic E-state index is -0.164. The first-order valence-electron chi connectivity index (χ1n) is 11.0. The summed E-state index contributed by atoms with van der Waals surface area (Å²) in [7, 11) is 0. The SMILES string of the molecule is C1COCCN1.CCCCCCCCC=CCCCCCCCC(N)=O. The molecule has 1 amide bonds. The summed E-state index contributed by atoms with van der Waals surface area (Å²) in [5.74, 6) is -0.164. The molecule has 0 aromatic heterocycles. The van der Waals surface area contributed by atoms with E-state index in [9.17, 15) is 4.79 Å². The van der Waals surface area contributed by atoms with Gasteiger partial charge in [0, 0.05) is 19.5 Å². The van der Waals surface area contributed by atoms with E-state index in [2.05, 4.69) is 24.4 Å². The van der Waals surface area contributed by atoms with E-state index in [1.165, 1.54) is 70.6 Å². The van der Waals surface area contributed by atoms with E-state index in [0.29, 0.717) is 6.42 Å². The number of carbonyl (C=O) groups excluding carboxylic acids is 1. The van der Waals surface area contributed by atoms with Gasteiger partial charge in [0.2, 0.25) is 5.91 Å². The molecule has 0 radical (unpaired) electrons. The van der Waals surface area contributed by atoms with Gasteiger partial charge in [0.25, 0.3) is 0 Å². The zero-order valence-corrected chi connectivity index (χ0v) is 17.3. The average molecular weight is 369 g/mol. The van der Waals surface area contributed by atoms with E-state index < -0.39 is 0 Å². The summed E-state index contributed by atoms with van der Waals surface area (Å²) in [6, 6.07) is 0. The molecule has 0 spiro atoms. The van der Waals surface area contributed by atoms with Gasteiger partial charge in [0.1, 0.15) is 0 Å². The van der Waals surface area contributed by atoms with E-state index >= 15 is 0 Å². The molecule has 1 saturated heterocycles. The van der Waals surface area contributed by atoms with E-state index in [-0.39, 0.29) is 5.91 Å². The van der Waals surface area contributed by atoms with Crippen LogP contribution in [0.25, 0.3) is 0 Å². The molecule has 1 aliphatic rings. The minimum absolute atomic E-state index is 0.164. The molecule has 0 aromatic rings. The van der Waals surface area contributed by atoms with Gasteiger partial charge in [0.15, 0.2) is 0 Å². The number of allylic oxidation sites excluding steroid dienone is 2. The van der Waals surface area contributed by atoms with Crippen LogP contribution in [0, 0.1) is 0 Å². The molecule has 1 heterocycles. The minimum Gasteiger partial charge on any atom is -0.379 e. The van der Waals surface area contributed by atoms with Crippen LogP contribution >= 0.6 is 0 Å². The fourth-order valence-electron chi connectivity index (χ4n) is 2.89. The van der Waals surface area contributed by atoms with Crippen LogP contribution in [0.1, 0.15) is 96.8 Å². The first-order chi connectivity index (χ1) is 12.8. The van der Waals surface area contributed by atoms with Crippen molar-refractivity contribution in [1.82, 2.24) is 5.32 Å². The summed E-state index contributed by atoms with van der Waals surface area (Å²) < 4.78 is 5.01. The van der Waals surface area contributed by atoms with Crippen LogP contribution in [-0.4, -0.2) is 32.2 Å². The molecule has 0 aliphatic carbocycles. The van der Waals surface area contributed by atoms with Crippen molar-refractivity contribution in [3.63, 3.8) is 0 Å². The summed E-state index contributed by atoms with van der Waals surface area (Å²) in [6.45, 7) is 6.10. The maximum absolute atomic E-state index is 10.5. The maximum atomic E-state index is 10.5. The van der Waals surface area contributed by atoms with Crippen LogP contribution < -0.4 is 11.1 Å². The second kappa shape index (κ2) is 22.2. The maximum Gasteiger partial charge on any atom is 0.217 e. The van der Waals surface area contributed by atoms with Gasteiger partial charge in [-0.15, -0.1) is 0 Å². The van der Waals surface area contributed by atoms with Crippen LogP contribution in [-0.2, 0) is 9.53 Å². The number of nitrogens with one attached hydrogen (secondary N) is 1. The highest BCUT2D eigenvalue weighted by molar-refractivity contribution is 5.73. The van der Waals surface area contributed by atoms with Gasteiger partial charge in [-0.05, 0) is 32.1 Å². The van der Waals surface area contributed by atoms with Crippen molar-refractivity contribution in [2.24, 2.45) is 5.73 Å². The van der Waals surface area contributed by atoms with Gasteiger partial charge < -0.3 is 15.8 Å². The topological polar surface area (TPSA) is 64.3 Å². The van der Waals surface area contributed by atoms with E-state index in [4.69, 9.17) is 10.5 Å². The van der Waals surface area contributed by atoms with Crippen molar-refractivity contribution in [1.29, 1.82) is 0 Å². The summed E-state index contributed by atoms with van der Waals surface area (Å²) in [5.41, 5.74) is 5.10. The number of morpholine rings is 1. The Balaban J connectivity index is 0.000000867. The molecule has 0 unspecified atom stereocenters. The van der Waals surface area contributed by atoms with E-state index in [1.54, 1.807) is 0 Å². The second-order valence-corrected chi connectivity index (χ2v) is 7.16. The smallest absolute Gasteiger partial charge is 0.217 e. The second-order valence-electron chi connectivity index (χ2n) is 7.16. The van der Waals surface area contributed by atoms with Gasteiger partial charge >= 0.3 is 0 Å². The molecule has 4 heteroatoms. The van der Waals surface area contributed by atoms with Gasteiger partial charge in [-0.2, -0.15) is 0 Å². The third-order valence-corrected chi connectivity index (χ3v) is 4.53. The monoisotopic (exact) mass is 368 g/mol. The number of ether oxygens (including phenoxy) is 1. The van der Waals surface area contributed by atoms with Crippen molar-refractivity contribution in [2.45, 2.75) is 96.8 Å². The van der Waals surface area contributed by atoms with Crippen LogP contribution in [0.15, 0.2) is 12.2 Å². The standard InChI is InChI=1S/C18H35NO.C4H9NO/c1-2-3-4-5-6-7-8-9-10-11-12-13-14-15-16-17-18(19)20;1-3-6-4-2-5-1/h9-10H,2-8,11-17H2,1H3,(H2,19,20);5H,1-4H2. The van der Waals surface area contributed by atoms with E-state index in [1.807, 2.05) is 0 Å². The van der Waals surface area contributed by atoms with Crippen molar-refractivity contribution in [3.8, 4) is 0 Å². The molecule has 3 N–H and O–H groups in total. The predicted molar refractivity (Wildman–Crippen MR) is 112 cm³/mol. The lowest BCUT2D eigenvalue weighted by molar-refractivity contribution is -0.118. The normalized spacial score (nSPS) is 14.2. The molecule has 1 fully saturated rings. The van der Waals surface area contributed by atoms with E-state index in [0.717, 1.165) is 39.1 Å². The zero-order chi connectivity index (χ0) is 19.1. The highest BCUT2D eigenvalue weighted by atomic mass is 16.5. The Hall–Kier alpha value is -0.870. The van der Waals surface area contributed by atoms with Gasteiger partial charge in [0.05, 0.1) is 13.2 Å². The zero-order valence-electron chi connectivity index (χ0n) is 17.3. The molecule has 154 valence electrons. The average Bonchev–Trinajstić information content (AvgIpc) is 2.66. The molecule has 4 nitrogen and oxygen atoms in total. The number of primary amides is 1. The van der Waals surface area contributed by atoms with Gasteiger partial charge in [-0.3, -0.25) is 4.79 Å². The fourth-order valence-corrected chi connectivity index (χ4v) is 2.89. The molecule has 1 rings (SSSR count). The van der Waals surface area contributed by atoms with Crippen molar-refractivity contribution in [3.05, 3.63) is 12.2 Å². The summed E-state index contributed by atoms with van der Waals surface area (Å²) in [6.07, 6.45) is 21.9. The number of nitrogens with two attached hydrogens (primary N) is 1.